The maximum absolute atomic E-state index is 11.1. The number of hydrogen-bond acceptors (Lipinski definition) is 3. The molecule has 98 valence electrons. The Balaban J connectivity index is 1.81. The zero-order valence-corrected chi connectivity index (χ0v) is 10.9. The minimum absolute atomic E-state index is 0.448. The van der Waals surface area contributed by atoms with E-state index >= 15 is 0 Å². The molecular formula is C14H20N2O2. The fraction of sp³-hybridized carbons (Fsp3) is 0.571. The summed E-state index contributed by atoms with van der Waals surface area (Å²) in [6.07, 6.45) is 8.82. The van der Waals surface area contributed by atoms with Gasteiger partial charge in [-0.05, 0) is 35.4 Å². The lowest BCUT2D eigenvalue weighted by molar-refractivity contribution is -0.782. The first-order chi connectivity index (χ1) is 8.81. The van der Waals surface area contributed by atoms with Gasteiger partial charge < -0.3 is 5.21 Å². The van der Waals surface area contributed by atoms with Crippen LogP contribution < -0.4 is 4.90 Å². The van der Waals surface area contributed by atoms with E-state index in [1.54, 1.807) is 6.07 Å². The van der Waals surface area contributed by atoms with Crippen LogP contribution in [0.5, 0.6) is 0 Å². The molecule has 0 saturated heterocycles. The molecule has 0 N–H and O–H groups in total. The highest BCUT2D eigenvalue weighted by atomic mass is 16.8. The highest BCUT2D eigenvalue weighted by molar-refractivity contribution is 5.70. The van der Waals surface area contributed by atoms with Crippen LogP contribution in [0.4, 0.5) is 0 Å². The molecule has 2 rings (SSSR count). The van der Waals surface area contributed by atoms with Crippen molar-refractivity contribution in [1.29, 1.82) is 0 Å². The summed E-state index contributed by atoms with van der Waals surface area (Å²) in [5, 5.41) is 14.9. The number of fused-ring (bicyclic) bond motifs is 1. The predicted molar refractivity (Wildman–Crippen MR) is 70.0 cm³/mol. The van der Waals surface area contributed by atoms with Crippen LogP contribution in [0.25, 0.3) is 11.0 Å². The third-order valence-corrected chi connectivity index (χ3v) is 3.27. The molecule has 0 aliphatic heterocycles. The van der Waals surface area contributed by atoms with Gasteiger partial charge in [-0.2, -0.15) is 0 Å². The summed E-state index contributed by atoms with van der Waals surface area (Å²) in [4.78, 5) is 0.448. The summed E-state index contributed by atoms with van der Waals surface area (Å²) in [7, 11) is 0. The van der Waals surface area contributed by atoms with Crippen molar-refractivity contribution < 1.29 is 9.53 Å². The number of aryl methyl sites for hydroxylation is 1. The number of hydrogen-bond donors (Lipinski definition) is 0. The summed E-state index contributed by atoms with van der Waals surface area (Å²) in [6, 6.07) is 5.71. The first-order valence-electron chi connectivity index (χ1n) is 6.79. The smallest absolute Gasteiger partial charge is 0.248 e. The molecule has 0 amide bonds. The van der Waals surface area contributed by atoms with Gasteiger partial charge in [0, 0.05) is 5.16 Å². The Morgan fingerprint density at radius 2 is 1.94 bits per heavy atom. The van der Waals surface area contributed by atoms with Crippen LogP contribution in [0.2, 0.25) is 0 Å². The number of nitrogens with zero attached hydrogens (tertiary/aromatic N) is 2. The van der Waals surface area contributed by atoms with Crippen LogP contribution in [0.1, 0.15) is 51.0 Å². The minimum atomic E-state index is 0.448. The summed E-state index contributed by atoms with van der Waals surface area (Å²) < 4.78 is 4.55. The van der Waals surface area contributed by atoms with Crippen LogP contribution >= 0.6 is 0 Å². The summed E-state index contributed by atoms with van der Waals surface area (Å²) >= 11 is 0. The Bertz CT molecular complexity index is 493. The number of unbranched alkanes of at least 4 members (excludes halogenated alkanes) is 5. The van der Waals surface area contributed by atoms with Crippen molar-refractivity contribution in [2.75, 3.05) is 0 Å². The maximum atomic E-state index is 11.1. The van der Waals surface area contributed by atoms with E-state index in [0.29, 0.717) is 15.9 Å². The van der Waals surface area contributed by atoms with E-state index in [4.69, 9.17) is 0 Å². The van der Waals surface area contributed by atoms with Gasteiger partial charge >= 0.3 is 0 Å². The van der Waals surface area contributed by atoms with Gasteiger partial charge in [-0.1, -0.05) is 45.1 Å². The molecule has 1 heterocycles. The average molecular weight is 248 g/mol. The molecule has 0 saturated carbocycles. The van der Waals surface area contributed by atoms with Gasteiger partial charge in [0.1, 0.15) is 0 Å². The molecule has 4 nitrogen and oxygen atoms in total. The average Bonchev–Trinajstić information content (AvgIpc) is 2.75. The molecular weight excluding hydrogens is 228 g/mol. The Morgan fingerprint density at radius 3 is 2.78 bits per heavy atom. The molecule has 0 aliphatic rings. The van der Waals surface area contributed by atoms with Crippen molar-refractivity contribution in [3.63, 3.8) is 0 Å². The third-order valence-electron chi connectivity index (χ3n) is 3.27. The van der Waals surface area contributed by atoms with Crippen LogP contribution in [-0.4, -0.2) is 5.16 Å². The molecule has 1 aromatic carbocycles. The van der Waals surface area contributed by atoms with E-state index in [1.807, 2.05) is 12.1 Å². The van der Waals surface area contributed by atoms with E-state index in [9.17, 15) is 5.21 Å². The van der Waals surface area contributed by atoms with Gasteiger partial charge in [0.15, 0.2) is 0 Å². The zero-order valence-electron chi connectivity index (χ0n) is 10.9. The summed E-state index contributed by atoms with van der Waals surface area (Å²) in [6.45, 7) is 2.23. The molecule has 0 fully saturated rings. The van der Waals surface area contributed by atoms with Gasteiger partial charge in [0.05, 0.1) is 0 Å². The van der Waals surface area contributed by atoms with Crippen molar-refractivity contribution in [2.24, 2.45) is 0 Å². The lowest BCUT2D eigenvalue weighted by Gasteiger charge is -2.01. The first-order valence-corrected chi connectivity index (χ1v) is 6.79. The highest BCUT2D eigenvalue weighted by Crippen LogP contribution is 2.14. The molecule has 1 aromatic heterocycles. The molecule has 0 unspecified atom stereocenters. The zero-order chi connectivity index (χ0) is 12.8. The fourth-order valence-corrected chi connectivity index (χ4v) is 2.19. The topological polar surface area (TPSA) is 53.0 Å². The van der Waals surface area contributed by atoms with Gasteiger partial charge in [0.2, 0.25) is 11.0 Å². The molecule has 0 radical (unpaired) electrons. The van der Waals surface area contributed by atoms with Crippen molar-refractivity contribution >= 4 is 11.0 Å². The summed E-state index contributed by atoms with van der Waals surface area (Å²) in [5.74, 6) is 0. The molecule has 2 aromatic rings. The second kappa shape index (κ2) is 6.38. The lowest BCUT2D eigenvalue weighted by Crippen LogP contribution is -2.22. The van der Waals surface area contributed by atoms with Gasteiger partial charge in [0.25, 0.3) is 0 Å². The fourth-order valence-electron chi connectivity index (χ4n) is 2.19. The van der Waals surface area contributed by atoms with Crippen molar-refractivity contribution in [3.05, 3.63) is 29.0 Å². The molecule has 4 heteroatoms. The Morgan fingerprint density at radius 1 is 1.17 bits per heavy atom. The number of benzene rings is 1. The molecule has 0 bridgehead atoms. The third kappa shape index (κ3) is 3.22. The van der Waals surface area contributed by atoms with E-state index in [1.165, 1.54) is 44.1 Å². The first kappa shape index (κ1) is 12.9. The molecule has 0 aliphatic carbocycles. The van der Waals surface area contributed by atoms with Crippen LogP contribution in [-0.2, 0) is 6.42 Å². The summed E-state index contributed by atoms with van der Waals surface area (Å²) in [5.41, 5.74) is 2.38. The normalized spacial score (nSPS) is 11.2. The van der Waals surface area contributed by atoms with E-state index in [-0.39, 0.29) is 0 Å². The van der Waals surface area contributed by atoms with Gasteiger partial charge in [-0.15, -0.1) is 0 Å². The van der Waals surface area contributed by atoms with Crippen molar-refractivity contribution in [3.8, 4) is 0 Å². The SMILES string of the molecule is CCCCCCCCc1ccc2c(c1)no[n+]2[O-]. The molecule has 0 atom stereocenters. The predicted octanol–water partition coefficient (Wildman–Crippen LogP) is 3.36. The van der Waals surface area contributed by atoms with Crippen LogP contribution in [0.15, 0.2) is 22.8 Å². The second-order valence-electron chi connectivity index (χ2n) is 4.77. The number of rotatable bonds is 7. The monoisotopic (exact) mass is 248 g/mol. The largest absolute Gasteiger partial charge is 0.359 e. The van der Waals surface area contributed by atoms with E-state index < -0.39 is 0 Å². The quantitative estimate of drug-likeness (QED) is 0.557. The standard InChI is InChI=1S/C14H20N2O2/c1-2-3-4-5-6-7-8-12-9-10-14-13(11-12)15-18-16(14)17/h9-11H,2-8H2,1H3. The maximum Gasteiger partial charge on any atom is 0.248 e. The minimum Gasteiger partial charge on any atom is -0.359 e. The lowest BCUT2D eigenvalue weighted by atomic mass is 10.0. The van der Waals surface area contributed by atoms with E-state index in [2.05, 4.69) is 16.7 Å². The van der Waals surface area contributed by atoms with Crippen molar-refractivity contribution in [1.82, 2.24) is 5.16 Å². The molecule has 18 heavy (non-hydrogen) atoms. The van der Waals surface area contributed by atoms with Crippen LogP contribution in [0.3, 0.4) is 0 Å². The Hall–Kier alpha value is -1.58. The molecule has 0 spiro atoms. The Labute approximate surface area is 107 Å². The van der Waals surface area contributed by atoms with Gasteiger partial charge in [-0.25, -0.2) is 0 Å². The van der Waals surface area contributed by atoms with Gasteiger partial charge in [-0.3, -0.25) is 4.63 Å². The van der Waals surface area contributed by atoms with Crippen molar-refractivity contribution in [2.45, 2.75) is 51.9 Å². The Kier molecular flexibility index (Phi) is 4.56. The highest BCUT2D eigenvalue weighted by Gasteiger charge is 2.08. The van der Waals surface area contributed by atoms with E-state index in [0.717, 1.165) is 6.42 Å². The second-order valence-corrected chi connectivity index (χ2v) is 4.77. The number of aromatic nitrogens is 2. The van der Waals surface area contributed by atoms with Crippen LogP contribution in [0, 0.1) is 5.21 Å².